The molecule has 0 spiro atoms. The minimum atomic E-state index is -0.531. The van der Waals surface area contributed by atoms with E-state index < -0.39 is 5.41 Å². The molecule has 0 bridgehead atoms. The van der Waals surface area contributed by atoms with Gasteiger partial charge in [0.05, 0.1) is 5.41 Å². The molecule has 0 heterocycles. The van der Waals surface area contributed by atoms with Gasteiger partial charge in [-0.25, -0.2) is 0 Å². The molecule has 0 amide bonds. The number of hydrogen-bond acceptors (Lipinski definition) is 1. The van der Waals surface area contributed by atoms with Gasteiger partial charge in [-0.2, -0.15) is 0 Å². The highest BCUT2D eigenvalue weighted by Crippen LogP contribution is 2.48. The fourth-order valence-electron chi connectivity index (χ4n) is 4.68. The van der Waals surface area contributed by atoms with Crippen LogP contribution in [0.1, 0.15) is 27.8 Å². The Bertz CT molecular complexity index is 1030. The second-order valence-corrected chi connectivity index (χ2v) is 7.37. The quantitative estimate of drug-likeness (QED) is 0.663. The summed E-state index contributed by atoms with van der Waals surface area (Å²) in [5, 5.41) is 0. The maximum Gasteiger partial charge on any atom is 0.152 e. The molecule has 26 heavy (non-hydrogen) atoms. The highest BCUT2D eigenvalue weighted by atomic mass is 16.1. The van der Waals surface area contributed by atoms with Crippen molar-refractivity contribution in [2.75, 3.05) is 0 Å². The summed E-state index contributed by atoms with van der Waals surface area (Å²) in [5.74, 6) is 0.335. The van der Waals surface area contributed by atoms with Gasteiger partial charge in [-0.05, 0) is 46.2 Å². The zero-order valence-electron chi connectivity index (χ0n) is 14.6. The molecule has 0 aromatic heterocycles. The van der Waals surface area contributed by atoms with E-state index in [1.165, 1.54) is 33.4 Å². The van der Waals surface area contributed by atoms with Crippen molar-refractivity contribution in [1.29, 1.82) is 0 Å². The van der Waals surface area contributed by atoms with Crippen molar-refractivity contribution in [2.45, 2.75) is 24.7 Å². The molecular weight excluding hydrogens is 316 g/mol. The second-order valence-electron chi connectivity index (χ2n) is 7.37. The number of fused-ring (bicyclic) bond motifs is 2. The van der Waals surface area contributed by atoms with Crippen LogP contribution in [0.15, 0.2) is 84.4 Å². The third-order valence-electron chi connectivity index (χ3n) is 5.93. The summed E-state index contributed by atoms with van der Waals surface area (Å²) < 4.78 is 0. The van der Waals surface area contributed by atoms with E-state index in [0.29, 0.717) is 12.2 Å². The summed E-state index contributed by atoms with van der Waals surface area (Å²) in [5.41, 5.74) is 6.90. The smallest absolute Gasteiger partial charge is 0.152 e. The largest absolute Gasteiger partial charge is 0.298 e. The van der Waals surface area contributed by atoms with Crippen LogP contribution in [0.25, 0.3) is 6.08 Å². The first-order chi connectivity index (χ1) is 12.8. The fraction of sp³-hybridized carbons (Fsp3) is 0.160. The van der Waals surface area contributed by atoms with Gasteiger partial charge in [-0.15, -0.1) is 0 Å². The summed E-state index contributed by atoms with van der Waals surface area (Å²) in [7, 11) is 0. The Kier molecular flexibility index (Phi) is 3.43. The zero-order chi connectivity index (χ0) is 17.6. The van der Waals surface area contributed by atoms with E-state index in [-0.39, 0.29) is 0 Å². The Morgan fingerprint density at radius 1 is 0.731 bits per heavy atom. The van der Waals surface area contributed by atoms with E-state index in [1.807, 2.05) is 12.1 Å². The predicted octanol–water partition coefficient (Wildman–Crippen LogP) is 4.93. The Morgan fingerprint density at radius 2 is 1.42 bits per heavy atom. The minimum absolute atomic E-state index is 0.335. The average Bonchev–Trinajstić information content (AvgIpc) is 3.23. The Hall–Kier alpha value is -2.93. The van der Waals surface area contributed by atoms with E-state index in [0.717, 1.165) is 12.8 Å². The van der Waals surface area contributed by atoms with Crippen molar-refractivity contribution in [3.8, 4) is 0 Å². The highest BCUT2D eigenvalue weighted by molar-refractivity contribution is 6.01. The number of Topliss-reactive ketones (excluding diaryl/α,β-unsaturated/α-hetero) is 1. The van der Waals surface area contributed by atoms with Gasteiger partial charge >= 0.3 is 0 Å². The van der Waals surface area contributed by atoms with Gasteiger partial charge in [0.15, 0.2) is 5.78 Å². The SMILES string of the molecule is O=C1Cc2ccccc2C1(Cc1ccccc1)C1=Cc2ccccc2C1. The topological polar surface area (TPSA) is 17.1 Å². The Morgan fingerprint density at radius 3 is 2.23 bits per heavy atom. The van der Waals surface area contributed by atoms with Crippen molar-refractivity contribution in [1.82, 2.24) is 0 Å². The molecule has 0 aliphatic heterocycles. The monoisotopic (exact) mass is 336 g/mol. The Labute approximate surface area is 154 Å². The maximum absolute atomic E-state index is 13.5. The van der Waals surface area contributed by atoms with Gasteiger partial charge in [0.2, 0.25) is 0 Å². The van der Waals surface area contributed by atoms with Gasteiger partial charge in [0.25, 0.3) is 0 Å². The molecule has 2 aliphatic rings. The molecule has 1 nitrogen and oxygen atoms in total. The average molecular weight is 336 g/mol. The van der Waals surface area contributed by atoms with Crippen molar-refractivity contribution in [3.05, 3.63) is 112 Å². The first-order valence-corrected chi connectivity index (χ1v) is 9.22. The minimum Gasteiger partial charge on any atom is -0.298 e. The lowest BCUT2D eigenvalue weighted by molar-refractivity contribution is -0.121. The molecule has 3 aromatic carbocycles. The van der Waals surface area contributed by atoms with Crippen LogP contribution < -0.4 is 0 Å². The van der Waals surface area contributed by atoms with E-state index in [9.17, 15) is 4.79 Å². The van der Waals surface area contributed by atoms with Gasteiger partial charge in [0, 0.05) is 6.42 Å². The summed E-state index contributed by atoms with van der Waals surface area (Å²) >= 11 is 0. The lowest BCUT2D eigenvalue weighted by Gasteiger charge is -2.31. The van der Waals surface area contributed by atoms with Crippen LogP contribution in [-0.2, 0) is 29.5 Å². The van der Waals surface area contributed by atoms with E-state index >= 15 is 0 Å². The molecule has 1 atom stereocenters. The zero-order valence-corrected chi connectivity index (χ0v) is 14.6. The highest BCUT2D eigenvalue weighted by Gasteiger charge is 2.49. The van der Waals surface area contributed by atoms with E-state index in [4.69, 9.17) is 0 Å². The molecule has 2 aliphatic carbocycles. The van der Waals surface area contributed by atoms with Gasteiger partial charge in [0.1, 0.15) is 0 Å². The number of carbonyl (C=O) groups is 1. The lowest BCUT2D eigenvalue weighted by atomic mass is 9.69. The second kappa shape index (κ2) is 5.81. The molecule has 126 valence electrons. The molecule has 1 heteroatoms. The molecular formula is C25H20O. The van der Waals surface area contributed by atoms with Crippen LogP contribution in [0.2, 0.25) is 0 Å². The normalized spacial score (nSPS) is 20.6. The molecule has 0 radical (unpaired) electrons. The first-order valence-electron chi connectivity index (χ1n) is 9.22. The number of ketones is 1. The molecule has 5 rings (SSSR count). The number of carbonyl (C=O) groups excluding carboxylic acids is 1. The van der Waals surface area contributed by atoms with E-state index in [1.54, 1.807) is 0 Å². The summed E-state index contributed by atoms with van der Waals surface area (Å²) in [6.45, 7) is 0. The van der Waals surface area contributed by atoms with Crippen LogP contribution in [0.3, 0.4) is 0 Å². The van der Waals surface area contributed by atoms with Crippen molar-refractivity contribution in [3.63, 3.8) is 0 Å². The van der Waals surface area contributed by atoms with Crippen LogP contribution in [0.4, 0.5) is 0 Å². The molecule has 0 saturated carbocycles. The summed E-state index contributed by atoms with van der Waals surface area (Å²) in [6, 6.07) is 27.3. The number of benzene rings is 3. The first kappa shape index (κ1) is 15.3. The van der Waals surface area contributed by atoms with Gasteiger partial charge in [-0.1, -0.05) is 84.9 Å². The van der Waals surface area contributed by atoms with Crippen molar-refractivity contribution >= 4 is 11.9 Å². The van der Waals surface area contributed by atoms with Crippen LogP contribution in [0, 0.1) is 0 Å². The van der Waals surface area contributed by atoms with Crippen LogP contribution >= 0.6 is 0 Å². The predicted molar refractivity (Wildman–Crippen MR) is 105 cm³/mol. The van der Waals surface area contributed by atoms with Crippen LogP contribution in [-0.4, -0.2) is 5.78 Å². The van der Waals surface area contributed by atoms with Gasteiger partial charge in [-0.3, -0.25) is 4.79 Å². The Balaban J connectivity index is 1.69. The van der Waals surface area contributed by atoms with Crippen LogP contribution in [0.5, 0.6) is 0 Å². The maximum atomic E-state index is 13.5. The standard InChI is InChI=1S/C25H20O/c26-24-16-21-12-6-7-13-23(21)25(24,17-18-8-2-1-3-9-18)22-14-19-10-4-5-11-20(19)15-22/h1-14H,15-17H2. The number of hydrogen-bond donors (Lipinski definition) is 0. The molecule has 0 saturated heterocycles. The summed E-state index contributed by atoms with van der Waals surface area (Å²) in [6.07, 6.45) is 4.40. The molecule has 0 N–H and O–H groups in total. The van der Waals surface area contributed by atoms with Crippen molar-refractivity contribution in [2.24, 2.45) is 0 Å². The lowest BCUT2D eigenvalue weighted by Crippen LogP contribution is -2.37. The number of rotatable bonds is 3. The van der Waals surface area contributed by atoms with Gasteiger partial charge < -0.3 is 0 Å². The third-order valence-corrected chi connectivity index (χ3v) is 5.93. The molecule has 1 unspecified atom stereocenters. The molecule has 3 aromatic rings. The fourth-order valence-corrected chi connectivity index (χ4v) is 4.68. The molecule has 0 fully saturated rings. The van der Waals surface area contributed by atoms with E-state index in [2.05, 4.69) is 72.8 Å². The third kappa shape index (κ3) is 2.20. The number of allylic oxidation sites excluding steroid dienone is 1. The summed E-state index contributed by atoms with van der Waals surface area (Å²) in [4.78, 5) is 13.5. The van der Waals surface area contributed by atoms with Crippen molar-refractivity contribution < 1.29 is 4.79 Å².